The first-order valence-corrected chi connectivity index (χ1v) is 8.79. The summed E-state index contributed by atoms with van der Waals surface area (Å²) in [5.74, 6) is -0.202. The highest BCUT2D eigenvalue weighted by Gasteiger charge is 2.30. The van der Waals surface area contributed by atoms with Gasteiger partial charge in [0.05, 0.1) is 16.5 Å². The van der Waals surface area contributed by atoms with E-state index in [9.17, 15) is 18.0 Å². The first kappa shape index (κ1) is 17.9. The normalized spacial score (nSPS) is 17.7. The molecule has 1 fully saturated rings. The van der Waals surface area contributed by atoms with Crippen LogP contribution in [0.15, 0.2) is 36.4 Å². The SMILES string of the molecule is CN(Cc1cccc(C(F)(F)F)c1)C(=O)c1ccc([C@@H]2CCCO2)s1. The zero-order valence-electron chi connectivity index (χ0n) is 13.7. The lowest BCUT2D eigenvalue weighted by molar-refractivity contribution is -0.137. The zero-order valence-corrected chi connectivity index (χ0v) is 14.5. The number of carbonyl (C=O) groups excluding carboxylic acids is 1. The van der Waals surface area contributed by atoms with E-state index in [0.717, 1.165) is 36.5 Å². The van der Waals surface area contributed by atoms with E-state index in [1.54, 1.807) is 19.2 Å². The molecule has 0 unspecified atom stereocenters. The van der Waals surface area contributed by atoms with Crippen LogP contribution in [0.5, 0.6) is 0 Å². The van der Waals surface area contributed by atoms with Crippen molar-refractivity contribution in [3.05, 3.63) is 57.3 Å². The van der Waals surface area contributed by atoms with Gasteiger partial charge in [-0.2, -0.15) is 13.2 Å². The topological polar surface area (TPSA) is 29.5 Å². The molecule has 1 saturated heterocycles. The number of halogens is 3. The number of thiophene rings is 1. The zero-order chi connectivity index (χ0) is 18.0. The molecule has 1 amide bonds. The molecule has 1 aromatic carbocycles. The van der Waals surface area contributed by atoms with Crippen molar-refractivity contribution in [3.8, 4) is 0 Å². The van der Waals surface area contributed by atoms with Crippen LogP contribution in [0.2, 0.25) is 0 Å². The summed E-state index contributed by atoms with van der Waals surface area (Å²) in [5, 5.41) is 0. The summed E-state index contributed by atoms with van der Waals surface area (Å²) in [5.41, 5.74) is -0.260. The highest BCUT2D eigenvalue weighted by Crippen LogP contribution is 2.34. The fourth-order valence-electron chi connectivity index (χ4n) is 2.82. The van der Waals surface area contributed by atoms with Gasteiger partial charge in [0.1, 0.15) is 0 Å². The highest BCUT2D eigenvalue weighted by molar-refractivity contribution is 7.14. The van der Waals surface area contributed by atoms with Crippen LogP contribution >= 0.6 is 11.3 Å². The number of hydrogen-bond acceptors (Lipinski definition) is 3. The van der Waals surface area contributed by atoms with Crippen LogP contribution in [0.25, 0.3) is 0 Å². The minimum absolute atomic E-state index is 0.0559. The third kappa shape index (κ3) is 4.22. The third-order valence-corrected chi connectivity index (χ3v) is 5.27. The van der Waals surface area contributed by atoms with Crippen LogP contribution in [0.1, 0.15) is 44.6 Å². The van der Waals surface area contributed by atoms with E-state index in [1.165, 1.54) is 22.3 Å². The van der Waals surface area contributed by atoms with Crippen molar-refractivity contribution in [2.75, 3.05) is 13.7 Å². The van der Waals surface area contributed by atoms with E-state index in [-0.39, 0.29) is 18.6 Å². The molecule has 3 rings (SSSR count). The van der Waals surface area contributed by atoms with Gasteiger partial charge in [0, 0.05) is 25.1 Å². The highest BCUT2D eigenvalue weighted by atomic mass is 32.1. The maximum Gasteiger partial charge on any atom is 0.416 e. The molecule has 25 heavy (non-hydrogen) atoms. The van der Waals surface area contributed by atoms with E-state index in [2.05, 4.69) is 0 Å². The molecule has 134 valence electrons. The number of nitrogens with zero attached hydrogens (tertiary/aromatic N) is 1. The Morgan fingerprint density at radius 3 is 2.80 bits per heavy atom. The van der Waals surface area contributed by atoms with Gasteiger partial charge in [-0.15, -0.1) is 11.3 Å². The molecule has 0 radical (unpaired) electrons. The van der Waals surface area contributed by atoms with Crippen LogP contribution in [-0.4, -0.2) is 24.5 Å². The molecule has 3 nitrogen and oxygen atoms in total. The predicted molar refractivity (Wildman–Crippen MR) is 89.5 cm³/mol. The van der Waals surface area contributed by atoms with E-state index in [4.69, 9.17) is 4.74 Å². The molecule has 0 bridgehead atoms. The lowest BCUT2D eigenvalue weighted by atomic mass is 10.1. The maximum absolute atomic E-state index is 12.8. The number of ether oxygens (including phenoxy) is 1. The molecule has 2 aromatic rings. The van der Waals surface area contributed by atoms with Gasteiger partial charge in [-0.1, -0.05) is 12.1 Å². The van der Waals surface area contributed by atoms with Crippen molar-refractivity contribution in [3.63, 3.8) is 0 Å². The lowest BCUT2D eigenvalue weighted by Crippen LogP contribution is -2.25. The summed E-state index contributed by atoms with van der Waals surface area (Å²) in [6.45, 7) is 0.858. The molecule has 7 heteroatoms. The second kappa shape index (κ2) is 7.17. The second-order valence-electron chi connectivity index (χ2n) is 6.06. The van der Waals surface area contributed by atoms with Gasteiger partial charge in [-0.3, -0.25) is 4.79 Å². The Morgan fingerprint density at radius 1 is 1.32 bits per heavy atom. The molecule has 1 aliphatic heterocycles. The van der Waals surface area contributed by atoms with Gasteiger partial charge in [0.25, 0.3) is 5.91 Å². The van der Waals surface area contributed by atoms with Crippen molar-refractivity contribution in [1.29, 1.82) is 0 Å². The molecule has 0 N–H and O–H groups in total. The Morgan fingerprint density at radius 2 is 2.12 bits per heavy atom. The summed E-state index contributed by atoms with van der Waals surface area (Å²) >= 11 is 1.39. The quantitative estimate of drug-likeness (QED) is 0.768. The molecule has 2 heterocycles. The van der Waals surface area contributed by atoms with Crippen LogP contribution in [0.3, 0.4) is 0 Å². The average Bonchev–Trinajstić information content (AvgIpc) is 3.24. The summed E-state index contributed by atoms with van der Waals surface area (Å²) in [7, 11) is 1.59. The number of benzene rings is 1. The fraction of sp³-hybridized carbons (Fsp3) is 0.389. The maximum atomic E-state index is 12.8. The Kier molecular flexibility index (Phi) is 5.15. The van der Waals surface area contributed by atoms with Gasteiger partial charge in [-0.05, 0) is 42.7 Å². The van der Waals surface area contributed by atoms with Crippen molar-refractivity contribution in [1.82, 2.24) is 4.90 Å². The van der Waals surface area contributed by atoms with E-state index >= 15 is 0 Å². The number of carbonyl (C=O) groups is 1. The number of rotatable bonds is 4. The molecule has 1 atom stereocenters. The van der Waals surface area contributed by atoms with Crippen molar-refractivity contribution in [2.24, 2.45) is 0 Å². The molecular weight excluding hydrogens is 351 g/mol. The van der Waals surface area contributed by atoms with Crippen LogP contribution in [-0.2, 0) is 17.5 Å². The summed E-state index contributed by atoms with van der Waals surface area (Å²) < 4.78 is 44.0. The van der Waals surface area contributed by atoms with Gasteiger partial charge >= 0.3 is 6.18 Å². The van der Waals surface area contributed by atoms with Crippen LogP contribution < -0.4 is 0 Å². The van der Waals surface area contributed by atoms with Crippen LogP contribution in [0, 0.1) is 0 Å². The summed E-state index contributed by atoms with van der Waals surface area (Å²) in [6, 6.07) is 8.70. The van der Waals surface area contributed by atoms with Gasteiger partial charge in [-0.25, -0.2) is 0 Å². The molecule has 0 spiro atoms. The Balaban J connectivity index is 1.68. The van der Waals surface area contributed by atoms with Gasteiger partial charge < -0.3 is 9.64 Å². The van der Waals surface area contributed by atoms with E-state index < -0.39 is 11.7 Å². The monoisotopic (exact) mass is 369 g/mol. The molecular formula is C18H18F3NO2S. The Labute approximate surface area is 148 Å². The molecule has 0 aliphatic carbocycles. The first-order chi connectivity index (χ1) is 11.8. The Bertz CT molecular complexity index is 751. The second-order valence-corrected chi connectivity index (χ2v) is 7.18. The molecule has 1 aliphatic rings. The predicted octanol–water partition coefficient (Wildman–Crippen LogP) is 4.89. The third-order valence-electron chi connectivity index (χ3n) is 4.11. The number of alkyl halides is 3. The summed E-state index contributed by atoms with van der Waals surface area (Å²) in [4.78, 5) is 15.6. The van der Waals surface area contributed by atoms with E-state index in [0.29, 0.717) is 10.4 Å². The minimum Gasteiger partial charge on any atom is -0.373 e. The lowest BCUT2D eigenvalue weighted by Gasteiger charge is -2.17. The van der Waals surface area contributed by atoms with E-state index in [1.807, 2.05) is 6.07 Å². The smallest absolute Gasteiger partial charge is 0.373 e. The average molecular weight is 369 g/mol. The van der Waals surface area contributed by atoms with Gasteiger partial charge in [0.15, 0.2) is 0 Å². The Hall–Kier alpha value is -1.86. The van der Waals surface area contributed by atoms with Crippen molar-refractivity contribution in [2.45, 2.75) is 31.7 Å². The first-order valence-electron chi connectivity index (χ1n) is 7.97. The minimum atomic E-state index is -4.39. The van der Waals surface area contributed by atoms with Crippen molar-refractivity contribution >= 4 is 17.2 Å². The van der Waals surface area contributed by atoms with Gasteiger partial charge in [0.2, 0.25) is 0 Å². The standard InChI is InChI=1S/C18H18F3NO2S/c1-22(11-12-4-2-5-13(10-12)18(19,20)21)17(23)16-8-7-15(25-16)14-6-3-9-24-14/h2,4-5,7-8,10,14H,3,6,9,11H2,1H3/t14-/m0/s1. The molecule has 1 aromatic heterocycles. The molecule has 0 saturated carbocycles. The number of amides is 1. The van der Waals surface area contributed by atoms with Crippen molar-refractivity contribution < 1.29 is 22.7 Å². The van der Waals surface area contributed by atoms with Crippen LogP contribution in [0.4, 0.5) is 13.2 Å². The summed E-state index contributed by atoms with van der Waals surface area (Å²) in [6.07, 6.45) is -2.36. The number of hydrogen-bond donors (Lipinski definition) is 0. The fourth-order valence-corrected chi connectivity index (χ4v) is 3.91. The largest absolute Gasteiger partial charge is 0.416 e.